The van der Waals surface area contributed by atoms with Gasteiger partial charge in [0.15, 0.2) is 9.84 Å². The highest BCUT2D eigenvalue weighted by Gasteiger charge is 2.37. The maximum atomic E-state index is 12.3. The Bertz CT molecular complexity index is 860. The average Bonchev–Trinajstić information content (AvgIpc) is 2.91. The van der Waals surface area contributed by atoms with E-state index in [0.717, 1.165) is 16.1 Å². The molecule has 0 saturated carbocycles. The number of sulfone groups is 1. The lowest BCUT2D eigenvalue weighted by atomic mass is 10.1. The molecule has 1 amide bonds. The number of carbonyl (C=O) groups is 2. The third-order valence-electron chi connectivity index (χ3n) is 4.54. The summed E-state index contributed by atoms with van der Waals surface area (Å²) in [4.78, 5) is 24.4. The lowest BCUT2D eigenvalue weighted by Gasteiger charge is -2.27. The second kappa shape index (κ2) is 6.59. The van der Waals surface area contributed by atoms with Crippen molar-refractivity contribution in [2.75, 3.05) is 11.5 Å². The van der Waals surface area contributed by atoms with Gasteiger partial charge in [0.25, 0.3) is 0 Å². The fourth-order valence-corrected chi connectivity index (χ4v) is 4.61. The Morgan fingerprint density at radius 1 is 1.24 bits per heavy atom. The number of rotatable bonds is 3. The molecule has 2 aliphatic heterocycles. The van der Waals surface area contributed by atoms with Crippen LogP contribution in [0.3, 0.4) is 0 Å². The minimum Gasteiger partial charge on any atom is -0.422 e. The molecule has 0 bridgehead atoms. The summed E-state index contributed by atoms with van der Waals surface area (Å²) >= 11 is 0. The van der Waals surface area contributed by atoms with E-state index in [0.29, 0.717) is 12.2 Å². The van der Waals surface area contributed by atoms with Crippen molar-refractivity contribution < 1.29 is 22.7 Å². The van der Waals surface area contributed by atoms with Gasteiger partial charge in [0.05, 0.1) is 17.5 Å². The highest BCUT2D eigenvalue weighted by atomic mass is 32.2. The van der Waals surface area contributed by atoms with E-state index in [9.17, 15) is 18.0 Å². The van der Waals surface area contributed by atoms with E-state index in [1.807, 2.05) is 19.9 Å². The standard InChI is InChI=1S/C17H20N2O5S/c1-11-3-4-14(9-12(11)2)24-17(21)15-5-6-16(20)19(18-15)13-7-8-25(22,23)10-13/h3-4,9,13H,5-8,10H2,1-2H3/t13-/m1/s1. The van der Waals surface area contributed by atoms with Gasteiger partial charge in [-0.25, -0.2) is 18.2 Å². The first-order chi connectivity index (χ1) is 11.7. The summed E-state index contributed by atoms with van der Waals surface area (Å²) in [6.45, 7) is 3.89. The van der Waals surface area contributed by atoms with Gasteiger partial charge in [-0.1, -0.05) is 6.07 Å². The van der Waals surface area contributed by atoms with Crippen LogP contribution < -0.4 is 4.74 Å². The largest absolute Gasteiger partial charge is 0.422 e. The van der Waals surface area contributed by atoms with Gasteiger partial charge in [-0.15, -0.1) is 0 Å². The van der Waals surface area contributed by atoms with E-state index in [1.54, 1.807) is 12.1 Å². The zero-order valence-electron chi connectivity index (χ0n) is 14.2. The summed E-state index contributed by atoms with van der Waals surface area (Å²) < 4.78 is 28.6. The maximum Gasteiger partial charge on any atom is 0.359 e. The Kier molecular flexibility index (Phi) is 4.64. The predicted octanol–water partition coefficient (Wildman–Crippen LogP) is 1.37. The fraction of sp³-hybridized carbons (Fsp3) is 0.471. The normalized spacial score (nSPS) is 22.6. The third-order valence-corrected chi connectivity index (χ3v) is 6.29. The van der Waals surface area contributed by atoms with Crippen molar-refractivity contribution in [3.63, 3.8) is 0 Å². The molecule has 8 heteroatoms. The molecule has 1 aromatic rings. The molecule has 0 unspecified atom stereocenters. The second-order valence-electron chi connectivity index (χ2n) is 6.48. The van der Waals surface area contributed by atoms with Crippen LogP contribution in [0.5, 0.6) is 5.75 Å². The van der Waals surface area contributed by atoms with Gasteiger partial charge in [0.2, 0.25) is 5.91 Å². The summed E-state index contributed by atoms with van der Waals surface area (Å²) in [5.74, 6) is -0.518. The molecule has 0 N–H and O–H groups in total. The third kappa shape index (κ3) is 3.89. The maximum absolute atomic E-state index is 12.3. The van der Waals surface area contributed by atoms with Gasteiger partial charge < -0.3 is 4.74 Å². The van der Waals surface area contributed by atoms with Crippen LogP contribution in [0.4, 0.5) is 0 Å². The van der Waals surface area contributed by atoms with Crippen molar-refractivity contribution in [1.29, 1.82) is 0 Å². The van der Waals surface area contributed by atoms with Crippen molar-refractivity contribution in [1.82, 2.24) is 5.01 Å². The zero-order chi connectivity index (χ0) is 18.2. The van der Waals surface area contributed by atoms with Gasteiger partial charge in [-0.3, -0.25) is 4.79 Å². The first-order valence-electron chi connectivity index (χ1n) is 8.14. The van der Waals surface area contributed by atoms with Crippen molar-refractivity contribution >= 4 is 27.4 Å². The average molecular weight is 364 g/mol. The van der Waals surface area contributed by atoms with Crippen molar-refractivity contribution in [3.8, 4) is 5.75 Å². The molecule has 1 saturated heterocycles. The Morgan fingerprint density at radius 2 is 2.00 bits per heavy atom. The van der Waals surface area contributed by atoms with E-state index in [2.05, 4.69) is 5.10 Å². The Hall–Kier alpha value is -2.22. The van der Waals surface area contributed by atoms with Crippen molar-refractivity contribution in [2.45, 2.75) is 39.2 Å². The van der Waals surface area contributed by atoms with Gasteiger partial charge >= 0.3 is 5.97 Å². The molecule has 0 spiro atoms. The first-order valence-corrected chi connectivity index (χ1v) is 9.97. The monoisotopic (exact) mass is 364 g/mol. The van der Waals surface area contributed by atoms with Gasteiger partial charge in [0, 0.05) is 12.8 Å². The van der Waals surface area contributed by atoms with Gasteiger partial charge in [-0.05, 0) is 43.5 Å². The lowest BCUT2D eigenvalue weighted by Crippen LogP contribution is -2.42. The van der Waals surface area contributed by atoms with E-state index < -0.39 is 21.8 Å². The summed E-state index contributed by atoms with van der Waals surface area (Å²) in [5, 5.41) is 5.27. The lowest BCUT2D eigenvalue weighted by molar-refractivity contribution is -0.134. The van der Waals surface area contributed by atoms with Gasteiger partial charge in [0.1, 0.15) is 11.5 Å². The topological polar surface area (TPSA) is 93.1 Å². The molecule has 7 nitrogen and oxygen atoms in total. The first kappa shape index (κ1) is 17.6. The van der Waals surface area contributed by atoms with Crippen molar-refractivity contribution in [3.05, 3.63) is 29.3 Å². The Balaban J connectivity index is 1.76. The number of carbonyl (C=O) groups excluding carboxylic acids is 2. The Labute approximate surface area is 146 Å². The SMILES string of the molecule is Cc1ccc(OC(=O)C2=NN([C@@H]3CCS(=O)(=O)C3)C(=O)CC2)cc1C. The minimum atomic E-state index is -3.14. The predicted molar refractivity (Wildman–Crippen MR) is 92.1 cm³/mol. The number of hydrazone groups is 1. The minimum absolute atomic E-state index is 0.0411. The number of aryl methyl sites for hydroxylation is 2. The summed E-state index contributed by atoms with van der Waals surface area (Å²) in [6, 6.07) is 4.83. The van der Waals surface area contributed by atoms with E-state index in [4.69, 9.17) is 4.74 Å². The van der Waals surface area contributed by atoms with Crippen LogP contribution in [0.15, 0.2) is 23.3 Å². The molecule has 0 radical (unpaired) electrons. The summed E-state index contributed by atoms with van der Waals surface area (Å²) in [5.41, 5.74) is 2.24. The van der Waals surface area contributed by atoms with Crippen LogP contribution in [0, 0.1) is 13.8 Å². The molecule has 3 rings (SSSR count). The molecular formula is C17H20N2O5S. The van der Waals surface area contributed by atoms with Crippen LogP contribution in [0.1, 0.15) is 30.4 Å². The van der Waals surface area contributed by atoms with Crippen molar-refractivity contribution in [2.24, 2.45) is 5.10 Å². The van der Waals surface area contributed by atoms with E-state index >= 15 is 0 Å². The van der Waals surface area contributed by atoms with E-state index in [-0.39, 0.29) is 36.0 Å². The number of esters is 1. The molecule has 2 aliphatic rings. The Morgan fingerprint density at radius 3 is 2.64 bits per heavy atom. The molecule has 1 aromatic carbocycles. The van der Waals surface area contributed by atoms with Crippen LogP contribution in [0.2, 0.25) is 0 Å². The number of ether oxygens (including phenoxy) is 1. The molecular weight excluding hydrogens is 344 g/mol. The van der Waals surface area contributed by atoms with Gasteiger partial charge in [-0.2, -0.15) is 5.10 Å². The quantitative estimate of drug-likeness (QED) is 0.597. The summed E-state index contributed by atoms with van der Waals surface area (Å²) in [6.07, 6.45) is 0.660. The smallest absolute Gasteiger partial charge is 0.359 e. The zero-order valence-corrected chi connectivity index (χ0v) is 15.0. The highest BCUT2D eigenvalue weighted by Crippen LogP contribution is 2.23. The molecule has 134 valence electrons. The highest BCUT2D eigenvalue weighted by molar-refractivity contribution is 7.91. The van der Waals surface area contributed by atoms with Crippen LogP contribution in [0.25, 0.3) is 0 Å². The second-order valence-corrected chi connectivity index (χ2v) is 8.71. The number of benzene rings is 1. The number of amides is 1. The van der Waals surface area contributed by atoms with Crippen LogP contribution in [-0.2, 0) is 19.4 Å². The molecule has 25 heavy (non-hydrogen) atoms. The molecule has 2 heterocycles. The van der Waals surface area contributed by atoms with Crippen LogP contribution >= 0.6 is 0 Å². The molecule has 1 fully saturated rings. The molecule has 0 aromatic heterocycles. The molecule has 1 atom stereocenters. The number of nitrogens with zero attached hydrogens (tertiary/aromatic N) is 2. The van der Waals surface area contributed by atoms with E-state index in [1.165, 1.54) is 0 Å². The fourth-order valence-electron chi connectivity index (χ4n) is 2.92. The molecule has 0 aliphatic carbocycles. The summed E-state index contributed by atoms with van der Waals surface area (Å²) in [7, 11) is -3.14. The number of hydrogen-bond acceptors (Lipinski definition) is 6. The van der Waals surface area contributed by atoms with Crippen LogP contribution in [-0.4, -0.2) is 48.6 Å². The number of hydrogen-bond donors (Lipinski definition) is 0.